The molecule has 24 heavy (non-hydrogen) atoms. The maximum Gasteiger partial charge on any atom is 0.234 e. The maximum absolute atomic E-state index is 12.1. The first-order valence-electron chi connectivity index (χ1n) is 8.41. The van der Waals surface area contributed by atoms with Crippen LogP contribution in [0.3, 0.4) is 0 Å². The van der Waals surface area contributed by atoms with Gasteiger partial charge in [0.1, 0.15) is 6.33 Å². The summed E-state index contributed by atoms with van der Waals surface area (Å²) in [7, 11) is 0. The average Bonchev–Trinajstić information content (AvgIpc) is 3.09. The van der Waals surface area contributed by atoms with Crippen molar-refractivity contribution < 1.29 is 4.79 Å². The molecule has 1 fully saturated rings. The highest BCUT2D eigenvalue weighted by Crippen LogP contribution is 2.22. The molecule has 2 aromatic rings. The van der Waals surface area contributed by atoms with E-state index < -0.39 is 0 Å². The molecule has 3 rings (SSSR count). The molecule has 1 aromatic heterocycles. The molecule has 0 atom stereocenters. The van der Waals surface area contributed by atoms with E-state index in [9.17, 15) is 4.79 Å². The number of piperidine rings is 1. The molecular formula is C17H23N5OS. The molecule has 1 amide bonds. The zero-order valence-electron chi connectivity index (χ0n) is 13.9. The van der Waals surface area contributed by atoms with Crippen LogP contribution < -0.4 is 10.2 Å². The smallest absolute Gasteiger partial charge is 0.234 e. The molecule has 2 heterocycles. The number of anilines is 2. The van der Waals surface area contributed by atoms with Gasteiger partial charge in [0.2, 0.25) is 5.91 Å². The van der Waals surface area contributed by atoms with Crippen molar-refractivity contribution in [2.24, 2.45) is 0 Å². The average molecular weight is 345 g/mol. The van der Waals surface area contributed by atoms with Crippen molar-refractivity contribution in [1.82, 2.24) is 14.8 Å². The highest BCUT2D eigenvalue weighted by Gasteiger charge is 2.11. The molecule has 1 N–H and O–H groups in total. The number of nitrogens with zero attached hydrogens (tertiary/aromatic N) is 4. The lowest BCUT2D eigenvalue weighted by Gasteiger charge is -2.28. The van der Waals surface area contributed by atoms with E-state index in [0.29, 0.717) is 5.75 Å². The number of rotatable bonds is 6. The fourth-order valence-electron chi connectivity index (χ4n) is 2.81. The lowest BCUT2D eigenvalue weighted by molar-refractivity contribution is -0.113. The van der Waals surface area contributed by atoms with E-state index in [1.807, 2.05) is 23.6 Å². The number of amides is 1. The van der Waals surface area contributed by atoms with E-state index >= 15 is 0 Å². The Balaban J connectivity index is 1.51. The third kappa shape index (κ3) is 4.29. The van der Waals surface area contributed by atoms with Gasteiger partial charge in [-0.05, 0) is 50.5 Å². The minimum absolute atomic E-state index is 0.0311. The Morgan fingerprint density at radius 3 is 2.67 bits per heavy atom. The summed E-state index contributed by atoms with van der Waals surface area (Å²) >= 11 is 1.40. The monoisotopic (exact) mass is 345 g/mol. The molecule has 1 saturated heterocycles. The molecule has 1 aliphatic heterocycles. The number of aromatic nitrogens is 3. The molecule has 1 aliphatic rings. The fourth-order valence-corrected chi connectivity index (χ4v) is 3.59. The van der Waals surface area contributed by atoms with Crippen LogP contribution in [0.5, 0.6) is 0 Å². The van der Waals surface area contributed by atoms with Crippen molar-refractivity contribution in [2.45, 2.75) is 37.9 Å². The number of hydrogen-bond donors (Lipinski definition) is 1. The van der Waals surface area contributed by atoms with Crippen molar-refractivity contribution in [2.75, 3.05) is 29.1 Å². The van der Waals surface area contributed by atoms with Gasteiger partial charge in [-0.15, -0.1) is 10.2 Å². The second-order valence-electron chi connectivity index (χ2n) is 5.83. The zero-order chi connectivity index (χ0) is 16.8. The van der Waals surface area contributed by atoms with E-state index in [4.69, 9.17) is 0 Å². The molecule has 1 aromatic carbocycles. The molecule has 7 heteroatoms. The van der Waals surface area contributed by atoms with Crippen LogP contribution in [0.15, 0.2) is 35.7 Å². The van der Waals surface area contributed by atoms with Gasteiger partial charge in [-0.3, -0.25) is 4.79 Å². The van der Waals surface area contributed by atoms with Crippen LogP contribution in [0.1, 0.15) is 26.2 Å². The van der Waals surface area contributed by atoms with Crippen LogP contribution in [0.2, 0.25) is 0 Å². The topological polar surface area (TPSA) is 63.1 Å². The number of nitrogens with one attached hydrogen (secondary N) is 1. The first-order valence-corrected chi connectivity index (χ1v) is 9.40. The molecule has 0 bridgehead atoms. The van der Waals surface area contributed by atoms with E-state index in [-0.39, 0.29) is 5.91 Å². The Morgan fingerprint density at radius 1 is 1.21 bits per heavy atom. The Labute approximate surface area is 146 Å². The van der Waals surface area contributed by atoms with Crippen LogP contribution in [0.4, 0.5) is 11.4 Å². The molecule has 0 saturated carbocycles. The van der Waals surface area contributed by atoms with E-state index in [1.165, 1.54) is 36.7 Å². The number of thioether (sulfide) groups is 1. The largest absolute Gasteiger partial charge is 0.372 e. The molecule has 0 aliphatic carbocycles. The lowest BCUT2D eigenvalue weighted by Crippen LogP contribution is -2.29. The van der Waals surface area contributed by atoms with Crippen LogP contribution in [-0.2, 0) is 11.3 Å². The van der Waals surface area contributed by atoms with Crippen molar-refractivity contribution in [3.05, 3.63) is 30.6 Å². The van der Waals surface area contributed by atoms with E-state index in [1.54, 1.807) is 6.33 Å². The number of carbonyl (C=O) groups is 1. The van der Waals surface area contributed by atoms with Gasteiger partial charge in [0.05, 0.1) is 5.75 Å². The summed E-state index contributed by atoms with van der Waals surface area (Å²) in [6.07, 6.45) is 5.53. The Kier molecular flexibility index (Phi) is 5.74. The normalized spacial score (nSPS) is 14.6. The summed E-state index contributed by atoms with van der Waals surface area (Å²) in [4.78, 5) is 14.5. The number of aryl methyl sites for hydroxylation is 1. The standard InChI is InChI=1S/C17H23N5OS/c1-2-21-13-18-20-17(21)24-12-16(23)19-14-6-8-15(9-7-14)22-10-4-3-5-11-22/h6-9,13H,2-5,10-12H2,1H3,(H,19,23). The summed E-state index contributed by atoms with van der Waals surface area (Å²) in [5, 5.41) is 11.6. The third-order valence-corrected chi connectivity index (χ3v) is 5.11. The van der Waals surface area contributed by atoms with E-state index in [2.05, 4.69) is 32.5 Å². The SMILES string of the molecule is CCn1cnnc1SCC(=O)Nc1ccc(N2CCCCC2)cc1. The van der Waals surface area contributed by atoms with Crippen molar-refractivity contribution >= 4 is 29.0 Å². The van der Waals surface area contributed by atoms with Gasteiger partial charge in [0, 0.05) is 31.0 Å². The maximum atomic E-state index is 12.1. The number of benzene rings is 1. The summed E-state index contributed by atoms with van der Waals surface area (Å²) in [6.45, 7) is 5.08. The second-order valence-corrected chi connectivity index (χ2v) is 6.77. The summed E-state index contributed by atoms with van der Waals surface area (Å²) < 4.78 is 1.92. The van der Waals surface area contributed by atoms with Gasteiger partial charge in [-0.25, -0.2) is 0 Å². The highest BCUT2D eigenvalue weighted by atomic mass is 32.2. The Bertz CT molecular complexity index is 664. The van der Waals surface area contributed by atoms with Crippen molar-refractivity contribution in [1.29, 1.82) is 0 Å². The molecule has 0 unspecified atom stereocenters. The summed E-state index contributed by atoms with van der Waals surface area (Å²) in [5.74, 6) is 0.295. The third-order valence-electron chi connectivity index (χ3n) is 4.13. The predicted molar refractivity (Wildman–Crippen MR) is 97.6 cm³/mol. The number of hydrogen-bond acceptors (Lipinski definition) is 5. The summed E-state index contributed by atoms with van der Waals surface area (Å²) in [6, 6.07) is 8.12. The minimum atomic E-state index is -0.0311. The Morgan fingerprint density at radius 2 is 1.96 bits per heavy atom. The van der Waals surface area contributed by atoms with Crippen LogP contribution >= 0.6 is 11.8 Å². The van der Waals surface area contributed by atoms with Crippen molar-refractivity contribution in [3.8, 4) is 0 Å². The van der Waals surface area contributed by atoms with Gasteiger partial charge in [0.25, 0.3) is 0 Å². The lowest BCUT2D eigenvalue weighted by atomic mass is 10.1. The van der Waals surface area contributed by atoms with Crippen LogP contribution in [0, 0.1) is 0 Å². The van der Waals surface area contributed by atoms with Crippen molar-refractivity contribution in [3.63, 3.8) is 0 Å². The summed E-state index contributed by atoms with van der Waals surface area (Å²) in [5.41, 5.74) is 2.07. The molecule has 128 valence electrons. The zero-order valence-corrected chi connectivity index (χ0v) is 14.8. The van der Waals surface area contributed by atoms with Gasteiger partial charge in [-0.1, -0.05) is 11.8 Å². The van der Waals surface area contributed by atoms with Gasteiger partial charge >= 0.3 is 0 Å². The number of carbonyl (C=O) groups excluding carboxylic acids is 1. The second kappa shape index (κ2) is 8.19. The first-order chi connectivity index (χ1) is 11.8. The first kappa shape index (κ1) is 16.8. The minimum Gasteiger partial charge on any atom is -0.372 e. The quantitative estimate of drug-likeness (QED) is 0.816. The van der Waals surface area contributed by atoms with Crippen LogP contribution in [-0.4, -0.2) is 39.5 Å². The molecular weight excluding hydrogens is 322 g/mol. The molecule has 0 spiro atoms. The van der Waals surface area contributed by atoms with Gasteiger partial charge in [-0.2, -0.15) is 0 Å². The van der Waals surface area contributed by atoms with E-state index in [0.717, 1.165) is 30.5 Å². The predicted octanol–water partition coefficient (Wildman–Crippen LogP) is 3.02. The van der Waals surface area contributed by atoms with Gasteiger partial charge in [0.15, 0.2) is 5.16 Å². The molecule has 0 radical (unpaired) electrons. The molecule has 6 nitrogen and oxygen atoms in total. The van der Waals surface area contributed by atoms with Crippen LogP contribution in [0.25, 0.3) is 0 Å². The fraction of sp³-hybridized carbons (Fsp3) is 0.471. The Hall–Kier alpha value is -2.02. The highest BCUT2D eigenvalue weighted by molar-refractivity contribution is 7.99. The van der Waals surface area contributed by atoms with Gasteiger partial charge < -0.3 is 14.8 Å².